The summed E-state index contributed by atoms with van der Waals surface area (Å²) in [7, 11) is 0. The molecular weight excluding hydrogens is 242 g/mol. The Hall–Kier alpha value is -1.13. The zero-order valence-electron chi connectivity index (χ0n) is 9.07. The molecule has 16 heavy (non-hydrogen) atoms. The molecule has 0 aliphatic carbocycles. The number of nitrogens with two attached hydrogens (primary N) is 1. The number of hydrogen-bond acceptors (Lipinski definition) is 4. The molecule has 1 heterocycles. The van der Waals surface area contributed by atoms with E-state index in [9.17, 15) is 0 Å². The molecule has 0 radical (unpaired) electrons. The molecule has 2 aromatic rings. The molecule has 0 atom stereocenters. The zero-order valence-corrected chi connectivity index (χ0v) is 10.6. The fourth-order valence-corrected chi connectivity index (χ4v) is 2.50. The summed E-state index contributed by atoms with van der Waals surface area (Å²) >= 11 is 7.68. The van der Waals surface area contributed by atoms with Crippen LogP contribution in [0.4, 0.5) is 5.69 Å². The van der Waals surface area contributed by atoms with Crippen LogP contribution in [0.3, 0.4) is 0 Å². The molecule has 0 aliphatic rings. The summed E-state index contributed by atoms with van der Waals surface area (Å²) in [4.78, 5) is 0. The predicted molar refractivity (Wildman–Crippen MR) is 68.9 cm³/mol. The molecule has 0 unspecified atom stereocenters. The van der Waals surface area contributed by atoms with Crippen molar-refractivity contribution >= 4 is 28.6 Å². The molecule has 5 heteroatoms. The molecule has 1 aromatic carbocycles. The monoisotopic (exact) mass is 253 g/mol. The van der Waals surface area contributed by atoms with Gasteiger partial charge in [0.1, 0.15) is 10.0 Å². The minimum absolute atomic E-state index is 0.388. The molecule has 0 aliphatic heterocycles. The van der Waals surface area contributed by atoms with Crippen molar-refractivity contribution in [2.75, 3.05) is 5.73 Å². The highest BCUT2D eigenvalue weighted by molar-refractivity contribution is 7.14. The van der Waals surface area contributed by atoms with Crippen LogP contribution < -0.4 is 5.73 Å². The molecule has 3 nitrogen and oxygen atoms in total. The number of aromatic nitrogens is 2. The first-order chi connectivity index (χ1) is 7.58. The second kappa shape index (κ2) is 4.39. The first-order valence-electron chi connectivity index (χ1n) is 4.96. The highest BCUT2D eigenvalue weighted by Gasteiger charge is 2.11. The minimum Gasteiger partial charge on any atom is -0.399 e. The lowest BCUT2D eigenvalue weighted by molar-refractivity contribution is 0.825. The van der Waals surface area contributed by atoms with Crippen LogP contribution in [0.15, 0.2) is 18.2 Å². The molecule has 0 spiro atoms. The summed E-state index contributed by atoms with van der Waals surface area (Å²) in [6, 6.07) is 5.42. The summed E-state index contributed by atoms with van der Waals surface area (Å²) < 4.78 is 0. The SMILES string of the molecule is CC(C)c1nnc(-c2ccc(N)cc2Cl)s1. The Balaban J connectivity index is 2.42. The number of nitrogen functional groups attached to an aromatic ring is 1. The maximum Gasteiger partial charge on any atom is 0.149 e. The van der Waals surface area contributed by atoms with Crippen LogP contribution in [-0.4, -0.2) is 10.2 Å². The lowest BCUT2D eigenvalue weighted by Gasteiger charge is -2.00. The third-order valence-corrected chi connectivity index (χ3v) is 3.73. The van der Waals surface area contributed by atoms with Gasteiger partial charge in [0.2, 0.25) is 0 Å². The third-order valence-electron chi connectivity index (χ3n) is 2.16. The Morgan fingerprint density at radius 2 is 2.06 bits per heavy atom. The largest absolute Gasteiger partial charge is 0.399 e. The third kappa shape index (κ3) is 2.18. The molecule has 2 rings (SSSR count). The van der Waals surface area contributed by atoms with E-state index in [-0.39, 0.29) is 0 Å². The summed E-state index contributed by atoms with van der Waals surface area (Å²) in [6.07, 6.45) is 0. The molecule has 2 N–H and O–H groups in total. The van der Waals surface area contributed by atoms with Crippen molar-refractivity contribution in [3.63, 3.8) is 0 Å². The van der Waals surface area contributed by atoms with E-state index < -0.39 is 0 Å². The number of hydrogen-bond donors (Lipinski definition) is 1. The molecule has 0 bridgehead atoms. The van der Waals surface area contributed by atoms with Gasteiger partial charge in [-0.15, -0.1) is 10.2 Å². The van der Waals surface area contributed by atoms with Crippen molar-refractivity contribution in [3.8, 4) is 10.6 Å². The highest BCUT2D eigenvalue weighted by atomic mass is 35.5. The van der Waals surface area contributed by atoms with E-state index in [4.69, 9.17) is 17.3 Å². The number of rotatable bonds is 2. The molecular formula is C11H12ClN3S. The topological polar surface area (TPSA) is 51.8 Å². The van der Waals surface area contributed by atoms with Gasteiger partial charge in [0, 0.05) is 17.2 Å². The summed E-state index contributed by atoms with van der Waals surface area (Å²) in [5.74, 6) is 0.388. The maximum atomic E-state index is 6.11. The average Bonchev–Trinajstić information content (AvgIpc) is 2.66. The van der Waals surface area contributed by atoms with Gasteiger partial charge in [-0.3, -0.25) is 0 Å². The minimum atomic E-state index is 0.388. The first kappa shape index (κ1) is 11.4. The van der Waals surface area contributed by atoms with E-state index in [1.807, 2.05) is 12.1 Å². The normalized spacial score (nSPS) is 11.0. The number of anilines is 1. The Labute approximate surface area is 103 Å². The van der Waals surface area contributed by atoms with E-state index in [1.54, 1.807) is 17.4 Å². The standard InChI is InChI=1S/C11H12ClN3S/c1-6(2)10-14-15-11(16-10)8-4-3-7(13)5-9(8)12/h3-6H,13H2,1-2H3. The second-order valence-electron chi connectivity index (χ2n) is 3.84. The molecule has 0 saturated carbocycles. The summed E-state index contributed by atoms with van der Waals surface area (Å²) in [5.41, 5.74) is 7.19. The van der Waals surface area contributed by atoms with Gasteiger partial charge in [-0.2, -0.15) is 0 Å². The quantitative estimate of drug-likeness (QED) is 0.833. The van der Waals surface area contributed by atoms with E-state index in [0.717, 1.165) is 15.6 Å². The van der Waals surface area contributed by atoms with Crippen LogP contribution in [0.2, 0.25) is 5.02 Å². The van der Waals surface area contributed by atoms with Crippen molar-refractivity contribution in [3.05, 3.63) is 28.2 Å². The van der Waals surface area contributed by atoms with Gasteiger partial charge in [0.25, 0.3) is 0 Å². The molecule has 1 aromatic heterocycles. The van der Waals surface area contributed by atoms with Crippen molar-refractivity contribution in [1.82, 2.24) is 10.2 Å². The van der Waals surface area contributed by atoms with Gasteiger partial charge < -0.3 is 5.73 Å². The van der Waals surface area contributed by atoms with E-state index >= 15 is 0 Å². The van der Waals surface area contributed by atoms with Crippen LogP contribution in [0, 0.1) is 0 Å². The lowest BCUT2D eigenvalue weighted by Crippen LogP contribution is -1.85. The Kier molecular flexibility index (Phi) is 3.12. The maximum absolute atomic E-state index is 6.11. The van der Waals surface area contributed by atoms with Crippen molar-refractivity contribution < 1.29 is 0 Å². The van der Waals surface area contributed by atoms with Crippen molar-refractivity contribution in [2.24, 2.45) is 0 Å². The Bertz CT molecular complexity index is 508. The molecule has 0 fully saturated rings. The average molecular weight is 254 g/mol. The Morgan fingerprint density at radius 3 is 2.62 bits per heavy atom. The van der Waals surface area contributed by atoms with Crippen molar-refractivity contribution in [1.29, 1.82) is 0 Å². The molecule has 0 amide bonds. The Morgan fingerprint density at radius 1 is 1.31 bits per heavy atom. The van der Waals surface area contributed by atoms with Gasteiger partial charge in [-0.05, 0) is 18.2 Å². The summed E-state index contributed by atoms with van der Waals surface area (Å²) in [6.45, 7) is 4.18. The van der Waals surface area contributed by atoms with E-state index in [0.29, 0.717) is 16.6 Å². The van der Waals surface area contributed by atoms with Gasteiger partial charge in [-0.1, -0.05) is 36.8 Å². The molecule has 84 valence electrons. The zero-order chi connectivity index (χ0) is 11.7. The highest BCUT2D eigenvalue weighted by Crippen LogP contribution is 2.33. The van der Waals surface area contributed by atoms with E-state index in [1.165, 1.54) is 0 Å². The van der Waals surface area contributed by atoms with Gasteiger partial charge in [0.15, 0.2) is 0 Å². The second-order valence-corrected chi connectivity index (χ2v) is 5.26. The van der Waals surface area contributed by atoms with Gasteiger partial charge >= 0.3 is 0 Å². The lowest BCUT2D eigenvalue weighted by atomic mass is 10.2. The van der Waals surface area contributed by atoms with Crippen molar-refractivity contribution in [2.45, 2.75) is 19.8 Å². The number of benzene rings is 1. The predicted octanol–water partition coefficient (Wildman–Crippen LogP) is 3.56. The fourth-order valence-electron chi connectivity index (χ4n) is 1.28. The van der Waals surface area contributed by atoms with Crippen LogP contribution in [0.1, 0.15) is 24.8 Å². The number of nitrogens with zero attached hydrogens (tertiary/aromatic N) is 2. The van der Waals surface area contributed by atoms with Crippen LogP contribution in [0.25, 0.3) is 10.6 Å². The smallest absolute Gasteiger partial charge is 0.149 e. The van der Waals surface area contributed by atoms with Crippen LogP contribution in [-0.2, 0) is 0 Å². The number of halogens is 1. The van der Waals surface area contributed by atoms with Gasteiger partial charge in [-0.25, -0.2) is 0 Å². The van der Waals surface area contributed by atoms with Gasteiger partial charge in [0.05, 0.1) is 5.02 Å². The van der Waals surface area contributed by atoms with Crippen LogP contribution in [0.5, 0.6) is 0 Å². The van der Waals surface area contributed by atoms with Crippen LogP contribution >= 0.6 is 22.9 Å². The first-order valence-corrected chi connectivity index (χ1v) is 6.16. The molecule has 0 saturated heterocycles. The summed E-state index contributed by atoms with van der Waals surface area (Å²) in [5, 5.41) is 10.8. The van der Waals surface area contributed by atoms with E-state index in [2.05, 4.69) is 24.0 Å². The fraction of sp³-hybridized carbons (Fsp3) is 0.273.